The number of rotatable bonds is 10. The number of aliphatic hydroxyl groups is 1. The van der Waals surface area contributed by atoms with Crippen molar-refractivity contribution in [1.82, 2.24) is 0 Å². The minimum Gasteiger partial charge on any atom is -0.390 e. The van der Waals surface area contributed by atoms with E-state index in [2.05, 4.69) is 6.58 Å². The lowest BCUT2D eigenvalue weighted by Crippen LogP contribution is -2.59. The van der Waals surface area contributed by atoms with E-state index < -0.39 is 18.3 Å². The molecule has 156 valence electrons. The first-order valence-electron chi connectivity index (χ1n) is 9.97. The van der Waals surface area contributed by atoms with Gasteiger partial charge in [-0.25, -0.2) is 0 Å². The molecule has 0 heterocycles. The summed E-state index contributed by atoms with van der Waals surface area (Å²) in [6.45, 7) is 4.87. The van der Waals surface area contributed by atoms with E-state index in [0.717, 1.165) is 11.1 Å². The molecule has 1 saturated carbocycles. The molecule has 0 radical (unpaired) electrons. The van der Waals surface area contributed by atoms with Gasteiger partial charge in [0.25, 0.3) is 0 Å². The maximum atomic E-state index is 10.7. The molecule has 0 aliphatic heterocycles. The second-order valence-corrected chi connectivity index (χ2v) is 7.19. The molecule has 0 aromatic heterocycles. The minimum absolute atomic E-state index is 0.293. The van der Waals surface area contributed by atoms with Crippen LogP contribution in [0.3, 0.4) is 0 Å². The van der Waals surface area contributed by atoms with Crippen molar-refractivity contribution in [3.05, 3.63) is 84.4 Å². The molecular weight excluding hydrogens is 368 g/mol. The Balaban J connectivity index is 1.78. The smallest absolute Gasteiger partial charge is 0.115 e. The minimum atomic E-state index is -0.711. The van der Waals surface area contributed by atoms with Crippen LogP contribution >= 0.6 is 0 Å². The zero-order chi connectivity index (χ0) is 20.5. The van der Waals surface area contributed by atoms with Crippen LogP contribution in [0.4, 0.5) is 0 Å². The van der Waals surface area contributed by atoms with Gasteiger partial charge in [-0.3, -0.25) is 0 Å². The Hall–Kier alpha value is -2.02. The Morgan fingerprint density at radius 2 is 1.41 bits per heavy atom. The van der Waals surface area contributed by atoms with Crippen molar-refractivity contribution in [3.8, 4) is 0 Å². The lowest BCUT2D eigenvalue weighted by atomic mass is 9.86. The van der Waals surface area contributed by atoms with Crippen molar-refractivity contribution >= 4 is 0 Å². The van der Waals surface area contributed by atoms with Crippen LogP contribution in [-0.4, -0.2) is 49.3 Å². The van der Waals surface area contributed by atoms with E-state index in [1.54, 1.807) is 13.2 Å². The molecule has 0 spiro atoms. The Kier molecular flexibility index (Phi) is 8.40. The Morgan fingerprint density at radius 1 is 0.862 bits per heavy atom. The van der Waals surface area contributed by atoms with Crippen molar-refractivity contribution in [2.24, 2.45) is 0 Å². The highest BCUT2D eigenvalue weighted by Crippen LogP contribution is 2.31. The van der Waals surface area contributed by atoms with Crippen molar-refractivity contribution in [2.75, 3.05) is 13.7 Å². The molecular formula is C24H30O5. The summed E-state index contributed by atoms with van der Waals surface area (Å²) in [6.07, 6.45) is -0.291. The van der Waals surface area contributed by atoms with Gasteiger partial charge in [0.1, 0.15) is 18.3 Å². The molecule has 0 saturated heterocycles. The van der Waals surface area contributed by atoms with Crippen LogP contribution in [0.25, 0.3) is 0 Å². The number of ether oxygens (including phenoxy) is 4. The monoisotopic (exact) mass is 398 g/mol. The fourth-order valence-electron chi connectivity index (χ4n) is 3.66. The number of hydrogen-bond acceptors (Lipinski definition) is 5. The molecule has 1 fully saturated rings. The Bertz CT molecular complexity index is 721. The van der Waals surface area contributed by atoms with E-state index in [1.165, 1.54) is 0 Å². The van der Waals surface area contributed by atoms with Gasteiger partial charge < -0.3 is 24.1 Å². The summed E-state index contributed by atoms with van der Waals surface area (Å²) in [5.74, 6) is 0. The first-order valence-corrected chi connectivity index (χ1v) is 9.97. The van der Waals surface area contributed by atoms with Crippen LogP contribution in [-0.2, 0) is 32.2 Å². The van der Waals surface area contributed by atoms with E-state index in [-0.39, 0.29) is 12.2 Å². The zero-order valence-corrected chi connectivity index (χ0v) is 16.9. The van der Waals surface area contributed by atoms with E-state index >= 15 is 0 Å². The van der Waals surface area contributed by atoms with Gasteiger partial charge in [0.2, 0.25) is 0 Å². The quantitative estimate of drug-likeness (QED) is 0.621. The number of benzene rings is 2. The molecule has 29 heavy (non-hydrogen) atoms. The zero-order valence-electron chi connectivity index (χ0n) is 16.9. The number of methoxy groups -OCH3 is 1. The second kappa shape index (κ2) is 11.2. The van der Waals surface area contributed by atoms with Gasteiger partial charge in [-0.15, -0.1) is 6.58 Å². The highest BCUT2D eigenvalue weighted by molar-refractivity contribution is 5.14. The SMILES string of the molecule is C=CCO[C@H]1[C@H](OCc2ccccc2)[C@@H](OCc2ccccc2)[C@@H](OC)C[C@@H]1O. The van der Waals surface area contributed by atoms with Crippen LogP contribution in [0, 0.1) is 0 Å². The van der Waals surface area contributed by atoms with Crippen LogP contribution < -0.4 is 0 Å². The van der Waals surface area contributed by atoms with Crippen molar-refractivity contribution in [1.29, 1.82) is 0 Å². The van der Waals surface area contributed by atoms with Crippen LogP contribution in [0.1, 0.15) is 17.5 Å². The second-order valence-electron chi connectivity index (χ2n) is 7.19. The standard InChI is InChI=1S/C24H30O5/c1-3-14-27-22-20(25)15-21(26-2)23(28-16-18-10-6-4-7-11-18)24(22)29-17-19-12-8-5-9-13-19/h3-13,20-25H,1,14-17H2,2H3/t20-,21-,22+,23-,24-/m0/s1. The molecule has 3 rings (SSSR count). The van der Waals surface area contributed by atoms with Crippen LogP contribution in [0.2, 0.25) is 0 Å². The van der Waals surface area contributed by atoms with E-state index in [4.69, 9.17) is 18.9 Å². The summed E-state index contributed by atoms with van der Waals surface area (Å²) in [5.41, 5.74) is 2.12. The van der Waals surface area contributed by atoms with Crippen molar-refractivity contribution < 1.29 is 24.1 Å². The van der Waals surface area contributed by atoms with Gasteiger partial charge in [0, 0.05) is 13.5 Å². The first kappa shape index (κ1) is 21.7. The fourth-order valence-corrected chi connectivity index (χ4v) is 3.66. The van der Waals surface area contributed by atoms with E-state index in [0.29, 0.717) is 26.2 Å². The third kappa shape index (κ3) is 5.98. The van der Waals surface area contributed by atoms with E-state index in [1.807, 2.05) is 60.7 Å². The predicted molar refractivity (Wildman–Crippen MR) is 111 cm³/mol. The summed E-state index contributed by atoms with van der Waals surface area (Å²) in [6, 6.07) is 19.9. The van der Waals surface area contributed by atoms with Gasteiger partial charge in [-0.2, -0.15) is 0 Å². The lowest BCUT2D eigenvalue weighted by Gasteiger charge is -2.44. The average molecular weight is 398 g/mol. The molecule has 5 heteroatoms. The molecule has 5 nitrogen and oxygen atoms in total. The van der Waals surface area contributed by atoms with Gasteiger partial charge in [0.05, 0.1) is 32.0 Å². The van der Waals surface area contributed by atoms with Crippen molar-refractivity contribution in [3.63, 3.8) is 0 Å². The fraction of sp³-hybridized carbons (Fsp3) is 0.417. The summed E-state index contributed by atoms with van der Waals surface area (Å²) < 4.78 is 24.1. The predicted octanol–water partition coefficient (Wildman–Crippen LogP) is 3.51. The first-order chi connectivity index (χ1) is 14.2. The maximum absolute atomic E-state index is 10.7. The topological polar surface area (TPSA) is 57.2 Å². The molecule has 0 unspecified atom stereocenters. The average Bonchev–Trinajstić information content (AvgIpc) is 2.77. The summed E-state index contributed by atoms with van der Waals surface area (Å²) in [7, 11) is 1.63. The number of aliphatic hydroxyl groups excluding tert-OH is 1. The van der Waals surface area contributed by atoms with E-state index in [9.17, 15) is 5.11 Å². The molecule has 1 N–H and O–H groups in total. The molecule has 1 aliphatic carbocycles. The molecule has 1 aliphatic rings. The Labute approximate surface area is 172 Å². The van der Waals surface area contributed by atoms with Gasteiger partial charge in [-0.05, 0) is 11.1 Å². The number of hydrogen-bond donors (Lipinski definition) is 1. The normalized spacial score (nSPS) is 26.9. The highest BCUT2D eigenvalue weighted by atomic mass is 16.6. The highest BCUT2D eigenvalue weighted by Gasteiger charge is 2.47. The third-order valence-corrected chi connectivity index (χ3v) is 5.15. The van der Waals surface area contributed by atoms with Crippen LogP contribution in [0.5, 0.6) is 0 Å². The van der Waals surface area contributed by atoms with Gasteiger partial charge in [0.15, 0.2) is 0 Å². The molecule has 2 aromatic carbocycles. The largest absolute Gasteiger partial charge is 0.390 e. The molecule has 5 atom stereocenters. The van der Waals surface area contributed by atoms with Gasteiger partial charge in [-0.1, -0.05) is 66.7 Å². The summed E-state index contributed by atoms with van der Waals surface area (Å²) in [4.78, 5) is 0. The maximum Gasteiger partial charge on any atom is 0.115 e. The van der Waals surface area contributed by atoms with Gasteiger partial charge >= 0.3 is 0 Å². The van der Waals surface area contributed by atoms with Crippen LogP contribution in [0.15, 0.2) is 73.3 Å². The summed E-state index contributed by atoms with van der Waals surface area (Å²) in [5, 5.41) is 10.7. The molecule has 0 bridgehead atoms. The lowest BCUT2D eigenvalue weighted by molar-refractivity contribution is -0.230. The van der Waals surface area contributed by atoms with Crippen molar-refractivity contribution in [2.45, 2.75) is 50.2 Å². The third-order valence-electron chi connectivity index (χ3n) is 5.15. The Morgan fingerprint density at radius 3 is 1.93 bits per heavy atom. The summed E-state index contributed by atoms with van der Waals surface area (Å²) >= 11 is 0. The molecule has 0 amide bonds. The molecule has 2 aromatic rings.